The third-order valence-corrected chi connectivity index (χ3v) is 0.436. The average Bonchev–Trinajstić information content (AvgIpc) is 2.26. The van der Waals surface area contributed by atoms with E-state index in [1.54, 1.807) is 9.47 Å². The lowest BCUT2D eigenvalue weighted by Crippen LogP contribution is -2.02. The predicted octanol–water partition coefficient (Wildman–Crippen LogP) is -0.0133. The molecule has 0 radical (unpaired) electrons. The average molecular weight is 254 g/mol. The van der Waals surface area contributed by atoms with E-state index >= 15 is 0 Å². The molecule has 0 spiro atoms. The Morgan fingerprint density at radius 3 is 1.47 bits per heavy atom. The van der Waals surface area contributed by atoms with E-state index in [1.807, 2.05) is 0 Å². The largest absolute Gasteiger partial charge is 0.189 e. The van der Waals surface area contributed by atoms with Crippen molar-refractivity contribution in [3.05, 3.63) is 0 Å². The first kappa shape index (κ1) is 14.4. The van der Waals surface area contributed by atoms with Gasteiger partial charge in [0.15, 0.2) is 0 Å². The number of hydrogen-bond donors (Lipinski definition) is 1. The first-order valence-corrected chi connectivity index (χ1v) is 2.95. The third kappa shape index (κ3) is 13.4. The van der Waals surface area contributed by atoms with E-state index < -0.39 is 0 Å². The van der Waals surface area contributed by atoms with Gasteiger partial charge in [0.25, 0.3) is 0 Å². The van der Waals surface area contributed by atoms with Gasteiger partial charge in [0.2, 0.25) is 0 Å². The van der Waals surface area contributed by atoms with Crippen molar-refractivity contribution in [3.63, 3.8) is 0 Å². The van der Waals surface area contributed by atoms with Gasteiger partial charge in [-0.3, -0.25) is 0 Å². The van der Waals surface area contributed by atoms with Gasteiger partial charge in [-0.15, -0.1) is 0 Å². The van der Waals surface area contributed by atoms with Crippen LogP contribution in [0.2, 0.25) is 0 Å². The molecule has 90 valence electrons. The van der Waals surface area contributed by atoms with Gasteiger partial charge in [-0.1, -0.05) is 0 Å². The summed E-state index contributed by atoms with van der Waals surface area (Å²) in [5.41, 5.74) is 6.00. The fourth-order valence-corrected chi connectivity index (χ4v) is 0.166. The summed E-state index contributed by atoms with van der Waals surface area (Å²) in [5, 5.41) is 37.4. The molecule has 1 unspecified atom stereocenters. The van der Waals surface area contributed by atoms with E-state index in [0.717, 1.165) is 0 Å². The van der Waals surface area contributed by atoms with E-state index in [1.165, 1.54) is 0 Å². The van der Waals surface area contributed by atoms with Gasteiger partial charge in [-0.25, -0.2) is 0 Å². The lowest BCUT2D eigenvalue weighted by molar-refractivity contribution is -0.861. The highest BCUT2D eigenvalue weighted by molar-refractivity contribution is 7.09. The zero-order valence-corrected chi connectivity index (χ0v) is 7.58. The van der Waals surface area contributed by atoms with Gasteiger partial charge < -0.3 is 0 Å². The SMILES string of the molecule is N=NOOOOOOOOOOOOP. The third-order valence-electron chi connectivity index (χ3n) is 0.357. The van der Waals surface area contributed by atoms with E-state index in [-0.39, 0.29) is 0 Å². The van der Waals surface area contributed by atoms with Gasteiger partial charge in [-0.2, -0.15) is 15.2 Å². The van der Waals surface area contributed by atoms with Gasteiger partial charge in [-0.05, 0) is 25.2 Å². The van der Waals surface area contributed by atoms with Gasteiger partial charge in [0.05, 0.1) is 5.28 Å². The molecule has 14 nitrogen and oxygen atoms in total. The standard InChI is InChI=1S/H3N2O12P/c1-2-3-4-5-6-7-8-9-10-11-12-13-14-15/h1H,15H2. The number of rotatable bonds is 12. The zero-order valence-electron chi connectivity index (χ0n) is 6.42. The monoisotopic (exact) mass is 254 g/mol. The fraction of sp³-hybridized carbons (Fsp3) is 0. The van der Waals surface area contributed by atoms with Crippen LogP contribution in [-0.4, -0.2) is 0 Å². The molecule has 0 bridgehead atoms. The normalized spacial score (nSPS) is 10.2. The Bertz CT molecular complexity index is 129. The van der Waals surface area contributed by atoms with Crippen LogP contribution in [0.5, 0.6) is 0 Å². The molecule has 0 fully saturated rings. The smallest absolute Gasteiger partial charge is 0.0604 e. The quantitative estimate of drug-likeness (QED) is 0.164. The van der Waals surface area contributed by atoms with E-state index in [4.69, 9.17) is 5.53 Å². The maximum atomic E-state index is 6.00. The number of hydrogen-bond acceptors (Lipinski definition) is 14. The Hall–Kier alpha value is -0.610. The molecule has 0 heterocycles. The maximum absolute atomic E-state index is 6.00. The Morgan fingerprint density at radius 2 is 1.07 bits per heavy atom. The molecule has 1 atom stereocenters. The molecule has 0 aromatic carbocycles. The summed E-state index contributed by atoms with van der Waals surface area (Å²) >= 11 is 0. The molecule has 0 aliphatic carbocycles. The second-order valence-electron chi connectivity index (χ2n) is 0.942. The predicted molar refractivity (Wildman–Crippen MR) is 27.9 cm³/mol. The number of nitrogens with one attached hydrogen (secondary N) is 1. The van der Waals surface area contributed by atoms with Crippen LogP contribution in [0.4, 0.5) is 0 Å². The minimum atomic E-state index is 1.65. The molecule has 0 aromatic heterocycles. The highest BCUT2D eigenvalue weighted by Crippen LogP contribution is 1.92. The van der Waals surface area contributed by atoms with Crippen molar-refractivity contribution in [2.24, 2.45) is 5.28 Å². The Labute approximate surface area is 81.6 Å². The number of nitrogens with zero attached hydrogens (tertiary/aromatic N) is 1. The van der Waals surface area contributed by atoms with Gasteiger partial charge >= 0.3 is 0 Å². The molecule has 0 rings (SSSR count). The topological polar surface area (TPSA) is 147 Å². The van der Waals surface area contributed by atoms with Crippen molar-refractivity contribution in [3.8, 4) is 0 Å². The van der Waals surface area contributed by atoms with Crippen molar-refractivity contribution in [2.45, 2.75) is 0 Å². The molecule has 0 aromatic rings. The summed E-state index contributed by atoms with van der Waals surface area (Å²) in [6.07, 6.45) is 0. The highest BCUT2D eigenvalue weighted by Gasteiger charge is 1.96. The first-order chi connectivity index (χ1) is 7.41. The van der Waals surface area contributed by atoms with Crippen LogP contribution in [0.15, 0.2) is 5.28 Å². The summed E-state index contributed by atoms with van der Waals surface area (Å²) in [6, 6.07) is 0. The van der Waals surface area contributed by atoms with Crippen molar-refractivity contribution >= 4 is 9.47 Å². The van der Waals surface area contributed by atoms with Crippen molar-refractivity contribution in [1.29, 1.82) is 5.53 Å². The summed E-state index contributed by atoms with van der Waals surface area (Å²) in [6.45, 7) is 0. The van der Waals surface area contributed by atoms with Crippen LogP contribution in [0.25, 0.3) is 0 Å². The molecular weight excluding hydrogens is 251 g/mol. The minimum absolute atomic E-state index is 1.65. The van der Waals surface area contributed by atoms with Crippen molar-refractivity contribution in [2.75, 3.05) is 0 Å². The van der Waals surface area contributed by atoms with Crippen LogP contribution in [0.1, 0.15) is 0 Å². The van der Waals surface area contributed by atoms with Crippen LogP contribution in [0, 0.1) is 5.53 Å². The zero-order chi connectivity index (χ0) is 11.2. The van der Waals surface area contributed by atoms with Crippen LogP contribution < -0.4 is 0 Å². The second kappa shape index (κ2) is 13.4. The Morgan fingerprint density at radius 1 is 0.667 bits per heavy atom. The summed E-state index contributed by atoms with van der Waals surface area (Å²) in [4.78, 5) is 3.47. The molecular formula is H3N2O12P. The second-order valence-corrected chi connectivity index (χ2v) is 1.13. The Balaban J connectivity index is 2.83. The van der Waals surface area contributed by atoms with Crippen LogP contribution >= 0.6 is 9.47 Å². The minimum Gasteiger partial charge on any atom is -0.189 e. The molecule has 0 aliphatic rings. The molecule has 0 amide bonds. The molecule has 1 N–H and O–H groups in total. The van der Waals surface area contributed by atoms with E-state index in [0.29, 0.717) is 0 Å². The molecule has 0 saturated carbocycles. The fourth-order valence-electron chi connectivity index (χ4n) is 0.134. The van der Waals surface area contributed by atoms with E-state index in [2.05, 4.69) is 65.3 Å². The summed E-state index contributed by atoms with van der Waals surface area (Å²) in [5.74, 6) is 0. The van der Waals surface area contributed by atoms with Crippen molar-refractivity contribution in [1.82, 2.24) is 0 Å². The van der Waals surface area contributed by atoms with Crippen LogP contribution in [-0.2, 0) is 60.0 Å². The van der Waals surface area contributed by atoms with E-state index in [9.17, 15) is 0 Å². The summed E-state index contributed by atoms with van der Waals surface area (Å²) < 4.78 is 3.79. The molecule has 15 heavy (non-hydrogen) atoms. The summed E-state index contributed by atoms with van der Waals surface area (Å²) in [7, 11) is 1.65. The molecule has 0 aliphatic heterocycles. The Kier molecular flexibility index (Phi) is 12.8. The first-order valence-electron chi connectivity index (χ1n) is 2.48. The lowest BCUT2D eigenvalue weighted by Gasteiger charge is -1.97. The van der Waals surface area contributed by atoms with Crippen molar-refractivity contribution < 1.29 is 60.0 Å². The van der Waals surface area contributed by atoms with Gasteiger partial charge in [0.1, 0.15) is 0 Å². The lowest BCUT2D eigenvalue weighted by atomic mass is 13.1. The molecule has 15 heteroatoms. The van der Waals surface area contributed by atoms with Gasteiger partial charge in [0, 0.05) is 34.7 Å². The van der Waals surface area contributed by atoms with Crippen LogP contribution in [0.3, 0.4) is 0 Å². The highest BCUT2D eigenvalue weighted by atomic mass is 31.0. The molecule has 0 saturated heterocycles. The maximum Gasteiger partial charge on any atom is 0.0604 e.